The molecule has 0 aliphatic rings. The number of carbonyl (C=O) groups excluding carboxylic acids is 1. The predicted molar refractivity (Wildman–Crippen MR) is 123 cm³/mol. The van der Waals surface area contributed by atoms with E-state index < -0.39 is 0 Å². The molecule has 0 bridgehead atoms. The van der Waals surface area contributed by atoms with E-state index in [-0.39, 0.29) is 17.2 Å². The van der Waals surface area contributed by atoms with Crippen molar-refractivity contribution in [1.29, 1.82) is 0 Å². The van der Waals surface area contributed by atoms with E-state index >= 15 is 0 Å². The maximum atomic E-state index is 13.2. The van der Waals surface area contributed by atoms with Gasteiger partial charge in [0.15, 0.2) is 5.16 Å². The second-order valence-corrected chi connectivity index (χ2v) is 7.70. The molecule has 0 saturated carbocycles. The van der Waals surface area contributed by atoms with Crippen LogP contribution in [0.2, 0.25) is 0 Å². The zero-order valence-corrected chi connectivity index (χ0v) is 17.5. The number of pyridine rings is 1. The Morgan fingerprint density at radius 1 is 1.13 bits per heavy atom. The number of carbonyl (C=O) groups is 1. The van der Waals surface area contributed by atoms with Gasteiger partial charge in [-0.25, -0.2) is 10.4 Å². The van der Waals surface area contributed by atoms with Crippen molar-refractivity contribution in [2.75, 3.05) is 5.75 Å². The molecule has 4 rings (SSSR count). The van der Waals surface area contributed by atoms with E-state index in [1.54, 1.807) is 35.2 Å². The fourth-order valence-electron chi connectivity index (χ4n) is 2.92. The smallest absolute Gasteiger partial charge is 0.266 e. The van der Waals surface area contributed by atoms with Crippen molar-refractivity contribution in [2.45, 2.75) is 12.1 Å². The molecule has 0 saturated heterocycles. The van der Waals surface area contributed by atoms with Crippen LogP contribution in [0.25, 0.3) is 16.6 Å². The summed E-state index contributed by atoms with van der Waals surface area (Å²) in [7, 11) is 0. The number of hydrogen-bond acceptors (Lipinski definition) is 6. The third kappa shape index (κ3) is 4.87. The monoisotopic (exact) mass is 429 g/mol. The van der Waals surface area contributed by atoms with E-state index in [0.717, 1.165) is 11.1 Å². The molecular formula is C23H19N5O2S. The second-order valence-electron chi connectivity index (χ2n) is 6.76. The van der Waals surface area contributed by atoms with Gasteiger partial charge in [0, 0.05) is 18.0 Å². The largest absolute Gasteiger partial charge is 0.272 e. The lowest BCUT2D eigenvalue weighted by Gasteiger charge is -2.13. The van der Waals surface area contributed by atoms with Crippen molar-refractivity contribution < 1.29 is 4.79 Å². The van der Waals surface area contributed by atoms with Crippen molar-refractivity contribution in [3.8, 4) is 5.69 Å². The summed E-state index contributed by atoms with van der Waals surface area (Å²) in [5.74, 6) is -0.246. The molecule has 0 aliphatic carbocycles. The fraction of sp³-hybridized carbons (Fsp3) is 0.0870. The van der Waals surface area contributed by atoms with E-state index in [9.17, 15) is 9.59 Å². The molecule has 31 heavy (non-hydrogen) atoms. The number of aromatic nitrogens is 3. The number of hydrazone groups is 1. The summed E-state index contributed by atoms with van der Waals surface area (Å²) in [4.78, 5) is 34.1. The SMILES string of the molecule is Cc1ccc(-n2c(SCC(=O)N/N=C\c3cccnc3)nc3ccccc3c2=O)cc1. The van der Waals surface area contributed by atoms with Gasteiger partial charge in [-0.3, -0.25) is 19.1 Å². The maximum absolute atomic E-state index is 13.2. The number of amides is 1. The van der Waals surface area contributed by atoms with E-state index in [2.05, 4.69) is 20.5 Å². The van der Waals surface area contributed by atoms with Crippen LogP contribution in [0.5, 0.6) is 0 Å². The van der Waals surface area contributed by atoms with Crippen molar-refractivity contribution in [3.05, 3.63) is 94.5 Å². The molecule has 7 nitrogen and oxygen atoms in total. The van der Waals surface area contributed by atoms with Gasteiger partial charge in [-0.05, 0) is 37.3 Å². The molecule has 2 aromatic heterocycles. The molecule has 2 heterocycles. The number of fused-ring (bicyclic) bond motifs is 1. The molecule has 8 heteroatoms. The minimum absolute atomic E-state index is 0.0566. The third-order valence-corrected chi connectivity index (χ3v) is 5.40. The van der Waals surface area contributed by atoms with Gasteiger partial charge < -0.3 is 0 Å². The van der Waals surface area contributed by atoms with Crippen LogP contribution in [0.3, 0.4) is 0 Å². The highest BCUT2D eigenvalue weighted by Crippen LogP contribution is 2.21. The average Bonchev–Trinajstić information content (AvgIpc) is 2.79. The molecule has 0 unspecified atom stereocenters. The van der Waals surface area contributed by atoms with Gasteiger partial charge in [-0.1, -0.05) is 47.7 Å². The van der Waals surface area contributed by atoms with E-state index in [0.29, 0.717) is 21.7 Å². The standard InChI is InChI=1S/C23H19N5O2S/c1-16-8-10-18(11-9-16)28-22(30)19-6-2-3-7-20(19)26-23(28)31-15-21(29)27-25-14-17-5-4-12-24-13-17/h2-14H,15H2,1H3,(H,27,29)/b25-14-. The fourth-order valence-corrected chi connectivity index (χ4v) is 3.73. The van der Waals surface area contributed by atoms with Crippen LogP contribution in [0.15, 0.2) is 88.1 Å². The van der Waals surface area contributed by atoms with Gasteiger partial charge >= 0.3 is 0 Å². The van der Waals surface area contributed by atoms with E-state index in [4.69, 9.17) is 0 Å². The van der Waals surface area contributed by atoms with Crippen molar-refractivity contribution in [1.82, 2.24) is 20.0 Å². The zero-order chi connectivity index (χ0) is 21.6. The Labute approximate surface area is 182 Å². The van der Waals surface area contributed by atoms with Crippen LogP contribution >= 0.6 is 11.8 Å². The van der Waals surface area contributed by atoms with Crippen LogP contribution in [0, 0.1) is 6.92 Å². The van der Waals surface area contributed by atoms with Crippen molar-refractivity contribution in [3.63, 3.8) is 0 Å². The Kier molecular flexibility index (Phi) is 6.18. The normalized spacial score (nSPS) is 11.1. The molecule has 1 N–H and O–H groups in total. The average molecular weight is 430 g/mol. The molecular weight excluding hydrogens is 410 g/mol. The minimum Gasteiger partial charge on any atom is -0.272 e. The highest BCUT2D eigenvalue weighted by atomic mass is 32.2. The zero-order valence-electron chi connectivity index (χ0n) is 16.7. The Hall–Kier alpha value is -3.78. The topological polar surface area (TPSA) is 89.2 Å². The first-order valence-electron chi connectivity index (χ1n) is 9.55. The molecule has 0 radical (unpaired) electrons. The highest BCUT2D eigenvalue weighted by molar-refractivity contribution is 7.99. The first-order valence-corrected chi connectivity index (χ1v) is 10.5. The first-order chi connectivity index (χ1) is 15.1. The number of benzene rings is 2. The number of rotatable bonds is 6. The van der Waals surface area contributed by atoms with Gasteiger partial charge in [0.25, 0.3) is 11.5 Å². The number of nitrogens with zero attached hydrogens (tertiary/aromatic N) is 4. The van der Waals surface area contributed by atoms with Crippen molar-refractivity contribution >= 4 is 34.8 Å². The van der Waals surface area contributed by atoms with Gasteiger partial charge in [0.2, 0.25) is 0 Å². The summed E-state index contributed by atoms with van der Waals surface area (Å²) >= 11 is 1.18. The second kappa shape index (κ2) is 9.36. The van der Waals surface area contributed by atoms with Crippen molar-refractivity contribution in [2.24, 2.45) is 5.10 Å². The Morgan fingerprint density at radius 2 is 1.94 bits per heavy atom. The summed E-state index contributed by atoms with van der Waals surface area (Å²) in [5, 5.41) is 4.91. The molecule has 4 aromatic rings. The van der Waals surface area contributed by atoms with Crippen LogP contribution in [-0.4, -0.2) is 32.4 Å². The maximum Gasteiger partial charge on any atom is 0.266 e. The number of thioether (sulfide) groups is 1. The number of aryl methyl sites for hydroxylation is 1. The molecule has 154 valence electrons. The molecule has 0 atom stereocenters. The molecule has 2 aromatic carbocycles. The van der Waals surface area contributed by atoms with Gasteiger partial charge in [0.05, 0.1) is 28.6 Å². The molecule has 0 aliphatic heterocycles. The number of hydrogen-bond donors (Lipinski definition) is 1. The van der Waals surface area contributed by atoms with Crippen LogP contribution in [-0.2, 0) is 4.79 Å². The van der Waals surface area contributed by atoms with Gasteiger partial charge in [0.1, 0.15) is 0 Å². The third-order valence-electron chi connectivity index (χ3n) is 4.46. The molecule has 1 amide bonds. The summed E-state index contributed by atoms with van der Waals surface area (Å²) in [6.45, 7) is 1.98. The lowest BCUT2D eigenvalue weighted by Crippen LogP contribution is -2.24. The Balaban J connectivity index is 1.58. The predicted octanol–water partition coefficient (Wildman–Crippen LogP) is 3.33. The Morgan fingerprint density at radius 3 is 2.71 bits per heavy atom. The van der Waals surface area contributed by atoms with Crippen LogP contribution in [0.1, 0.15) is 11.1 Å². The van der Waals surface area contributed by atoms with E-state index in [1.807, 2.05) is 49.4 Å². The lowest BCUT2D eigenvalue weighted by atomic mass is 10.2. The Bertz CT molecular complexity index is 1300. The molecule has 0 spiro atoms. The quantitative estimate of drug-likeness (QED) is 0.220. The number of nitrogens with one attached hydrogen (secondary N) is 1. The molecule has 0 fully saturated rings. The number of para-hydroxylation sites is 1. The van der Waals surface area contributed by atoms with Gasteiger partial charge in [-0.2, -0.15) is 5.10 Å². The van der Waals surface area contributed by atoms with E-state index in [1.165, 1.54) is 18.0 Å². The lowest BCUT2D eigenvalue weighted by molar-refractivity contribution is -0.118. The van der Waals surface area contributed by atoms with Crippen LogP contribution < -0.4 is 11.0 Å². The summed E-state index contributed by atoms with van der Waals surface area (Å²) in [5.41, 5.74) is 5.47. The summed E-state index contributed by atoms with van der Waals surface area (Å²) in [6.07, 6.45) is 4.83. The summed E-state index contributed by atoms with van der Waals surface area (Å²) in [6, 6.07) is 18.4. The summed E-state index contributed by atoms with van der Waals surface area (Å²) < 4.78 is 1.54. The van der Waals surface area contributed by atoms with Crippen LogP contribution in [0.4, 0.5) is 0 Å². The van der Waals surface area contributed by atoms with Gasteiger partial charge in [-0.15, -0.1) is 0 Å². The highest BCUT2D eigenvalue weighted by Gasteiger charge is 2.14. The minimum atomic E-state index is -0.303. The first kappa shape index (κ1) is 20.5.